The minimum atomic E-state index is -1.21. The number of ether oxygens (including phenoxy) is 1. The summed E-state index contributed by atoms with van der Waals surface area (Å²) in [6.45, 7) is 3.39. The molecule has 1 aliphatic heterocycles. The van der Waals surface area contributed by atoms with E-state index < -0.39 is 17.4 Å². The Morgan fingerprint density at radius 1 is 1.41 bits per heavy atom. The number of nitrogens with zero attached hydrogens (tertiary/aromatic N) is 1. The third-order valence-corrected chi connectivity index (χ3v) is 3.43. The quantitative estimate of drug-likeness (QED) is 0.809. The van der Waals surface area contributed by atoms with E-state index in [1.807, 2.05) is 6.92 Å². The van der Waals surface area contributed by atoms with Gasteiger partial charge >= 0.3 is 11.9 Å². The Kier molecular flexibility index (Phi) is 4.16. The standard InChI is InChI=1S/C15H16N2O5/c1-8-6-12(10(14(19)20)7-17(8)3)22-15(21)13-9(2)16-5-4-11(13)18/h4-8H,1-3H3,(H,16,18)(H,19,20). The third kappa shape index (κ3) is 2.93. The molecule has 116 valence electrons. The van der Waals surface area contributed by atoms with Gasteiger partial charge in [0.1, 0.15) is 16.9 Å². The second-order valence-electron chi connectivity index (χ2n) is 5.02. The van der Waals surface area contributed by atoms with Crippen LogP contribution in [0.5, 0.6) is 0 Å². The van der Waals surface area contributed by atoms with Gasteiger partial charge in [-0.3, -0.25) is 4.79 Å². The average Bonchev–Trinajstić information content (AvgIpc) is 2.42. The van der Waals surface area contributed by atoms with Crippen LogP contribution in [-0.4, -0.2) is 40.0 Å². The van der Waals surface area contributed by atoms with Crippen LogP contribution in [0, 0.1) is 6.92 Å². The highest BCUT2D eigenvalue weighted by molar-refractivity contribution is 5.95. The topological polar surface area (TPSA) is 99.7 Å². The van der Waals surface area contributed by atoms with Gasteiger partial charge in [0.2, 0.25) is 0 Å². The molecule has 0 radical (unpaired) electrons. The molecule has 0 amide bonds. The van der Waals surface area contributed by atoms with Gasteiger partial charge in [-0.2, -0.15) is 0 Å². The van der Waals surface area contributed by atoms with E-state index in [9.17, 15) is 19.5 Å². The van der Waals surface area contributed by atoms with Crippen molar-refractivity contribution in [1.82, 2.24) is 9.88 Å². The van der Waals surface area contributed by atoms with Gasteiger partial charge in [-0.15, -0.1) is 0 Å². The number of carboxylic acid groups (broad SMARTS) is 1. The van der Waals surface area contributed by atoms with E-state index >= 15 is 0 Å². The number of aryl methyl sites for hydroxylation is 1. The molecule has 0 saturated carbocycles. The maximum Gasteiger partial charge on any atom is 0.349 e. The maximum atomic E-state index is 12.2. The molecule has 1 aromatic rings. The van der Waals surface area contributed by atoms with Crippen LogP contribution >= 0.6 is 0 Å². The normalized spacial score (nSPS) is 17.6. The predicted molar refractivity (Wildman–Crippen MR) is 78.2 cm³/mol. The van der Waals surface area contributed by atoms with Crippen LogP contribution in [0.1, 0.15) is 23.0 Å². The minimum absolute atomic E-state index is 0.0641. The average molecular weight is 304 g/mol. The van der Waals surface area contributed by atoms with Gasteiger partial charge in [0.15, 0.2) is 5.43 Å². The van der Waals surface area contributed by atoms with Gasteiger partial charge in [0.25, 0.3) is 0 Å². The fourth-order valence-electron chi connectivity index (χ4n) is 2.05. The summed E-state index contributed by atoms with van der Waals surface area (Å²) in [6.07, 6.45) is 4.33. The van der Waals surface area contributed by atoms with E-state index in [4.69, 9.17) is 4.74 Å². The third-order valence-electron chi connectivity index (χ3n) is 3.43. The van der Waals surface area contributed by atoms with Crippen molar-refractivity contribution in [2.24, 2.45) is 0 Å². The number of H-pyrrole nitrogens is 1. The molecule has 22 heavy (non-hydrogen) atoms. The van der Waals surface area contributed by atoms with Gasteiger partial charge in [-0.1, -0.05) is 0 Å². The second-order valence-corrected chi connectivity index (χ2v) is 5.02. The SMILES string of the molecule is Cc1[nH]ccc(=O)c1C(=O)OC1=CC(C)N(C)C=C1C(=O)O. The molecule has 1 unspecified atom stereocenters. The Balaban J connectivity index is 2.35. The van der Waals surface area contributed by atoms with E-state index in [-0.39, 0.29) is 22.9 Å². The summed E-state index contributed by atoms with van der Waals surface area (Å²) in [5.41, 5.74) is -0.401. The summed E-state index contributed by atoms with van der Waals surface area (Å²) in [5, 5.41) is 9.21. The lowest BCUT2D eigenvalue weighted by molar-refractivity contribution is -0.132. The first kappa shape index (κ1) is 15.6. The van der Waals surface area contributed by atoms with Crippen LogP contribution in [0.25, 0.3) is 0 Å². The summed E-state index contributed by atoms with van der Waals surface area (Å²) < 4.78 is 5.16. The summed E-state index contributed by atoms with van der Waals surface area (Å²) in [4.78, 5) is 39.7. The van der Waals surface area contributed by atoms with E-state index in [2.05, 4.69) is 4.98 Å². The van der Waals surface area contributed by atoms with Gasteiger partial charge in [-0.25, -0.2) is 9.59 Å². The number of hydrogen-bond acceptors (Lipinski definition) is 5. The lowest BCUT2D eigenvalue weighted by atomic mass is 10.1. The number of rotatable bonds is 3. The van der Waals surface area contributed by atoms with Crippen LogP contribution < -0.4 is 5.43 Å². The van der Waals surface area contributed by atoms with Crippen molar-refractivity contribution in [3.63, 3.8) is 0 Å². The van der Waals surface area contributed by atoms with Gasteiger partial charge in [0, 0.05) is 37.2 Å². The van der Waals surface area contributed by atoms with Crippen LogP contribution in [0.2, 0.25) is 0 Å². The van der Waals surface area contributed by atoms with E-state index in [0.29, 0.717) is 5.69 Å². The highest BCUT2D eigenvalue weighted by Gasteiger charge is 2.26. The Morgan fingerprint density at radius 2 is 2.09 bits per heavy atom. The molecule has 1 aliphatic rings. The molecule has 7 nitrogen and oxygen atoms in total. The number of carboxylic acids is 1. The second kappa shape index (κ2) is 5.88. The lowest BCUT2D eigenvalue weighted by Crippen LogP contribution is -2.30. The zero-order valence-electron chi connectivity index (χ0n) is 12.4. The van der Waals surface area contributed by atoms with Crippen LogP contribution in [0.15, 0.2) is 40.7 Å². The Bertz CT molecular complexity index is 745. The molecule has 0 aromatic carbocycles. The number of esters is 1. The van der Waals surface area contributed by atoms with Crippen LogP contribution in [0.3, 0.4) is 0 Å². The molecule has 1 atom stereocenters. The predicted octanol–water partition coefficient (Wildman–Crippen LogP) is 1.03. The molecule has 0 fully saturated rings. The summed E-state index contributed by atoms with van der Waals surface area (Å²) in [7, 11) is 1.72. The van der Waals surface area contributed by atoms with Crippen LogP contribution in [0.4, 0.5) is 0 Å². The van der Waals surface area contributed by atoms with Gasteiger partial charge in [0.05, 0.1) is 0 Å². The molecule has 0 bridgehead atoms. The van der Waals surface area contributed by atoms with Gasteiger partial charge < -0.3 is 19.7 Å². The molecule has 1 aromatic heterocycles. The largest absolute Gasteiger partial charge is 0.477 e. The fourth-order valence-corrected chi connectivity index (χ4v) is 2.05. The first-order valence-corrected chi connectivity index (χ1v) is 6.61. The molecule has 0 spiro atoms. The zero-order valence-corrected chi connectivity index (χ0v) is 12.4. The fraction of sp³-hybridized carbons (Fsp3) is 0.267. The number of nitrogens with one attached hydrogen (secondary N) is 1. The number of likely N-dealkylation sites (N-methyl/N-ethyl adjacent to an activating group) is 1. The first-order chi connectivity index (χ1) is 10.3. The van der Waals surface area contributed by atoms with Crippen molar-refractivity contribution < 1.29 is 19.4 Å². The molecule has 0 aliphatic carbocycles. The highest BCUT2D eigenvalue weighted by Crippen LogP contribution is 2.22. The number of pyridine rings is 1. The monoisotopic (exact) mass is 304 g/mol. The Labute approximate surface area is 126 Å². The zero-order chi connectivity index (χ0) is 16.4. The molecule has 2 N–H and O–H groups in total. The van der Waals surface area contributed by atoms with Gasteiger partial charge in [-0.05, 0) is 19.9 Å². The number of carbonyl (C=O) groups excluding carboxylic acids is 1. The molecule has 2 heterocycles. The summed E-state index contributed by atoms with van der Waals surface area (Å²) in [6, 6.07) is 1.07. The highest BCUT2D eigenvalue weighted by atomic mass is 16.5. The molecule has 0 saturated heterocycles. The van der Waals surface area contributed by atoms with Crippen molar-refractivity contribution in [3.05, 3.63) is 57.4 Å². The van der Waals surface area contributed by atoms with E-state index in [0.717, 1.165) is 0 Å². The molecular formula is C15H16N2O5. The van der Waals surface area contributed by atoms with Crippen molar-refractivity contribution in [2.45, 2.75) is 19.9 Å². The van der Waals surface area contributed by atoms with Crippen LogP contribution in [-0.2, 0) is 9.53 Å². The smallest absolute Gasteiger partial charge is 0.349 e. The van der Waals surface area contributed by atoms with E-state index in [1.165, 1.54) is 24.5 Å². The summed E-state index contributed by atoms with van der Waals surface area (Å²) >= 11 is 0. The number of aliphatic carboxylic acids is 1. The molecule has 2 rings (SSSR count). The van der Waals surface area contributed by atoms with Crippen molar-refractivity contribution >= 4 is 11.9 Å². The number of aromatic nitrogens is 1. The Morgan fingerprint density at radius 3 is 2.68 bits per heavy atom. The number of carbonyl (C=O) groups is 2. The number of hydrogen-bond donors (Lipinski definition) is 2. The number of aromatic amines is 1. The molecule has 7 heteroatoms. The lowest BCUT2D eigenvalue weighted by Gasteiger charge is -2.26. The summed E-state index contributed by atoms with van der Waals surface area (Å²) in [5.74, 6) is -2.16. The van der Waals surface area contributed by atoms with Crippen molar-refractivity contribution in [1.29, 1.82) is 0 Å². The van der Waals surface area contributed by atoms with E-state index in [1.54, 1.807) is 18.9 Å². The first-order valence-electron chi connectivity index (χ1n) is 6.61. The Hall–Kier alpha value is -2.83. The van der Waals surface area contributed by atoms with Crippen molar-refractivity contribution in [2.75, 3.05) is 7.05 Å². The minimum Gasteiger partial charge on any atom is -0.477 e. The van der Waals surface area contributed by atoms with Crippen molar-refractivity contribution in [3.8, 4) is 0 Å². The molecular weight excluding hydrogens is 288 g/mol. The maximum absolute atomic E-state index is 12.2.